The third-order valence-electron chi connectivity index (χ3n) is 5.53. The topological polar surface area (TPSA) is 66.4 Å². The molecule has 0 radical (unpaired) electrons. The Morgan fingerprint density at radius 2 is 1.58 bits per heavy atom. The average molecular weight is 477 g/mol. The second-order valence-corrected chi connectivity index (χ2v) is 10.3. The van der Waals surface area contributed by atoms with E-state index < -0.39 is 10.0 Å². The van der Waals surface area contributed by atoms with E-state index in [1.807, 2.05) is 23.1 Å². The van der Waals surface area contributed by atoms with E-state index in [4.69, 9.17) is 23.2 Å². The normalized spacial score (nSPS) is 15.3. The van der Waals surface area contributed by atoms with Crippen LogP contribution in [0.25, 0.3) is 11.3 Å². The highest BCUT2D eigenvalue weighted by Gasteiger charge is 2.30. The van der Waals surface area contributed by atoms with Crippen molar-refractivity contribution in [1.29, 1.82) is 0 Å². The second kappa shape index (κ2) is 8.74. The molecule has 0 N–H and O–H groups in total. The number of nitrogens with zero attached hydrogens (tertiary/aromatic N) is 4. The summed E-state index contributed by atoms with van der Waals surface area (Å²) in [5.74, 6) is 0.727. The van der Waals surface area contributed by atoms with Crippen molar-refractivity contribution in [3.63, 3.8) is 0 Å². The summed E-state index contributed by atoms with van der Waals surface area (Å²) < 4.78 is 27.4. The molecule has 1 aliphatic rings. The molecule has 1 aromatic heterocycles. The van der Waals surface area contributed by atoms with Gasteiger partial charge < -0.3 is 4.90 Å². The van der Waals surface area contributed by atoms with Crippen LogP contribution in [-0.4, -0.2) is 49.1 Å². The molecule has 1 aliphatic heterocycles. The van der Waals surface area contributed by atoms with Gasteiger partial charge in [-0.3, -0.25) is 0 Å². The quantitative estimate of drug-likeness (QED) is 0.551. The van der Waals surface area contributed by atoms with E-state index in [0.29, 0.717) is 31.2 Å². The fourth-order valence-electron chi connectivity index (χ4n) is 3.52. The lowest BCUT2D eigenvalue weighted by atomic mass is 10.0. The Morgan fingerprint density at radius 1 is 0.839 bits per heavy atom. The van der Waals surface area contributed by atoms with Gasteiger partial charge in [0.2, 0.25) is 10.0 Å². The maximum Gasteiger partial charge on any atom is 0.244 e. The number of rotatable bonds is 4. The summed E-state index contributed by atoms with van der Waals surface area (Å²) in [6.45, 7) is 5.82. The number of halogens is 2. The van der Waals surface area contributed by atoms with Crippen LogP contribution in [0.1, 0.15) is 11.1 Å². The molecule has 1 fully saturated rings. The summed E-state index contributed by atoms with van der Waals surface area (Å²) in [5, 5.41) is 9.25. The van der Waals surface area contributed by atoms with Gasteiger partial charge in [0.1, 0.15) is 4.90 Å². The lowest BCUT2D eigenvalue weighted by molar-refractivity contribution is 0.383. The van der Waals surface area contributed by atoms with Gasteiger partial charge in [0.15, 0.2) is 5.82 Å². The summed E-state index contributed by atoms with van der Waals surface area (Å²) >= 11 is 12.1. The molecular weight excluding hydrogens is 455 g/mol. The minimum Gasteiger partial charge on any atom is -0.352 e. The first-order chi connectivity index (χ1) is 14.8. The van der Waals surface area contributed by atoms with Crippen LogP contribution in [0.5, 0.6) is 0 Å². The summed E-state index contributed by atoms with van der Waals surface area (Å²) in [6.07, 6.45) is 0. The lowest BCUT2D eigenvalue weighted by Gasteiger charge is -2.34. The molecule has 162 valence electrons. The highest BCUT2D eigenvalue weighted by molar-refractivity contribution is 7.89. The molecule has 31 heavy (non-hydrogen) atoms. The van der Waals surface area contributed by atoms with Gasteiger partial charge in [0.05, 0.1) is 10.7 Å². The zero-order chi connectivity index (χ0) is 22.2. The van der Waals surface area contributed by atoms with Gasteiger partial charge in [-0.25, -0.2) is 8.42 Å². The molecule has 0 bridgehead atoms. The number of piperazine rings is 1. The molecule has 0 spiro atoms. The molecule has 1 saturated heterocycles. The van der Waals surface area contributed by atoms with Crippen LogP contribution >= 0.6 is 23.2 Å². The van der Waals surface area contributed by atoms with E-state index in [9.17, 15) is 8.42 Å². The van der Waals surface area contributed by atoms with Crippen molar-refractivity contribution in [1.82, 2.24) is 14.5 Å². The first-order valence-electron chi connectivity index (χ1n) is 9.87. The molecule has 2 aromatic carbocycles. The van der Waals surface area contributed by atoms with Crippen molar-refractivity contribution in [2.45, 2.75) is 18.7 Å². The predicted molar refractivity (Wildman–Crippen MR) is 124 cm³/mol. The Kier molecular flexibility index (Phi) is 6.21. The van der Waals surface area contributed by atoms with Crippen LogP contribution in [0.15, 0.2) is 53.4 Å². The molecule has 9 heteroatoms. The zero-order valence-corrected chi connectivity index (χ0v) is 19.5. The fraction of sp³-hybridized carbons (Fsp3) is 0.273. The number of aryl methyl sites for hydroxylation is 2. The molecule has 0 aliphatic carbocycles. The largest absolute Gasteiger partial charge is 0.352 e. The van der Waals surface area contributed by atoms with Gasteiger partial charge in [-0.2, -0.15) is 4.31 Å². The van der Waals surface area contributed by atoms with Crippen molar-refractivity contribution in [2.75, 3.05) is 31.1 Å². The third kappa shape index (κ3) is 4.55. The van der Waals surface area contributed by atoms with Gasteiger partial charge in [-0.1, -0.05) is 35.3 Å². The van der Waals surface area contributed by atoms with Crippen LogP contribution in [0.3, 0.4) is 0 Å². The highest BCUT2D eigenvalue weighted by Crippen LogP contribution is 2.29. The molecule has 2 heterocycles. The zero-order valence-electron chi connectivity index (χ0n) is 17.2. The molecule has 0 saturated carbocycles. The number of hydrogen-bond donors (Lipinski definition) is 0. The van der Waals surface area contributed by atoms with Crippen LogP contribution in [-0.2, 0) is 10.0 Å². The number of aromatic nitrogens is 2. The number of benzene rings is 2. The average Bonchev–Trinajstić information content (AvgIpc) is 2.77. The SMILES string of the molecule is Cc1ccc(-c2ccc(N3CCN(S(=O)(=O)c4cc(Cl)ccc4Cl)CC3)nn2)cc1C. The van der Waals surface area contributed by atoms with Gasteiger partial charge in [-0.15, -0.1) is 10.2 Å². The molecule has 0 amide bonds. The number of sulfonamides is 1. The van der Waals surface area contributed by atoms with E-state index in [1.54, 1.807) is 6.07 Å². The van der Waals surface area contributed by atoms with Gasteiger partial charge in [-0.05, 0) is 61.4 Å². The first kappa shape index (κ1) is 22.0. The minimum atomic E-state index is -3.72. The van der Waals surface area contributed by atoms with Crippen molar-refractivity contribution >= 4 is 39.0 Å². The highest BCUT2D eigenvalue weighted by atomic mass is 35.5. The summed E-state index contributed by atoms with van der Waals surface area (Å²) in [7, 11) is -3.72. The van der Waals surface area contributed by atoms with Crippen molar-refractivity contribution in [2.24, 2.45) is 0 Å². The predicted octanol–water partition coefficient (Wildman–Crippen LogP) is 4.58. The van der Waals surface area contributed by atoms with E-state index in [1.165, 1.54) is 27.6 Å². The van der Waals surface area contributed by atoms with Crippen LogP contribution in [0, 0.1) is 13.8 Å². The van der Waals surface area contributed by atoms with Crippen LogP contribution in [0.2, 0.25) is 10.0 Å². The molecule has 3 aromatic rings. The van der Waals surface area contributed by atoms with Crippen molar-refractivity contribution in [3.8, 4) is 11.3 Å². The standard InChI is InChI=1S/C22H22Cl2N4O2S/c1-15-3-4-17(13-16(15)2)20-7-8-22(26-25-20)27-9-11-28(12-10-27)31(29,30)21-14-18(23)5-6-19(21)24/h3-8,13-14H,9-12H2,1-2H3. The Labute approximate surface area is 192 Å². The first-order valence-corrected chi connectivity index (χ1v) is 12.1. The Balaban J connectivity index is 1.46. The molecular formula is C22H22Cl2N4O2S. The van der Waals surface area contributed by atoms with E-state index in [-0.39, 0.29) is 9.92 Å². The van der Waals surface area contributed by atoms with Gasteiger partial charge in [0, 0.05) is 36.8 Å². The fourth-order valence-corrected chi connectivity index (χ4v) is 5.68. The molecule has 0 atom stereocenters. The summed E-state index contributed by atoms with van der Waals surface area (Å²) in [5.41, 5.74) is 4.28. The van der Waals surface area contributed by atoms with Crippen molar-refractivity contribution in [3.05, 3.63) is 69.7 Å². The summed E-state index contributed by atoms with van der Waals surface area (Å²) in [6, 6.07) is 14.5. The number of anilines is 1. The maximum absolute atomic E-state index is 13.0. The number of hydrogen-bond acceptors (Lipinski definition) is 5. The van der Waals surface area contributed by atoms with E-state index in [0.717, 1.165) is 17.1 Å². The molecule has 6 nitrogen and oxygen atoms in total. The molecule has 4 rings (SSSR count). The van der Waals surface area contributed by atoms with E-state index >= 15 is 0 Å². The second-order valence-electron chi connectivity index (χ2n) is 7.54. The van der Waals surface area contributed by atoms with Gasteiger partial charge in [0.25, 0.3) is 0 Å². The van der Waals surface area contributed by atoms with Crippen LogP contribution in [0.4, 0.5) is 5.82 Å². The Bertz CT molecular complexity index is 1210. The van der Waals surface area contributed by atoms with Gasteiger partial charge >= 0.3 is 0 Å². The lowest BCUT2D eigenvalue weighted by Crippen LogP contribution is -2.49. The summed E-state index contributed by atoms with van der Waals surface area (Å²) in [4.78, 5) is 2.07. The van der Waals surface area contributed by atoms with E-state index in [2.05, 4.69) is 36.2 Å². The van der Waals surface area contributed by atoms with Crippen molar-refractivity contribution < 1.29 is 8.42 Å². The molecule has 0 unspecified atom stereocenters. The van der Waals surface area contributed by atoms with Crippen LogP contribution < -0.4 is 4.90 Å². The monoisotopic (exact) mass is 476 g/mol. The Morgan fingerprint density at radius 3 is 2.23 bits per heavy atom. The smallest absolute Gasteiger partial charge is 0.244 e. The maximum atomic E-state index is 13.0. The Hall–Kier alpha value is -2.19. The minimum absolute atomic E-state index is 0.0349. The third-order valence-corrected chi connectivity index (χ3v) is 8.14.